The Hall–Kier alpha value is -1.63. The van der Waals surface area contributed by atoms with E-state index in [2.05, 4.69) is 21.2 Å². The molecule has 7 heteroatoms. The van der Waals surface area contributed by atoms with E-state index in [-0.39, 0.29) is 28.9 Å². The molecule has 1 unspecified atom stereocenters. The van der Waals surface area contributed by atoms with Gasteiger partial charge in [-0.2, -0.15) is 0 Å². The molecular formula is C11H13BrN2O4. The fraction of sp³-hybridized carbons (Fsp3) is 0.364. The Bertz CT molecular complexity index is 464. The Morgan fingerprint density at radius 3 is 2.78 bits per heavy atom. The number of methoxy groups -OCH3 is 1. The van der Waals surface area contributed by atoms with Crippen molar-refractivity contribution in [1.82, 2.24) is 5.32 Å². The molecule has 0 bridgehead atoms. The smallest absolute Gasteiger partial charge is 0.311 e. The summed E-state index contributed by atoms with van der Waals surface area (Å²) in [5, 5.41) is 14.1. The van der Waals surface area contributed by atoms with Gasteiger partial charge in [-0.15, -0.1) is 0 Å². The summed E-state index contributed by atoms with van der Waals surface area (Å²) in [6.45, 7) is 1.82. The summed E-state index contributed by atoms with van der Waals surface area (Å²) in [5.74, 6) is -0.224. The normalized spacial score (nSPS) is 11.7. The highest BCUT2D eigenvalue weighted by molar-refractivity contribution is 9.09. The predicted octanol–water partition coefficient (Wildman–Crippen LogP) is 2.12. The van der Waals surface area contributed by atoms with Gasteiger partial charge in [0.25, 0.3) is 5.91 Å². The molecule has 18 heavy (non-hydrogen) atoms. The Balaban J connectivity index is 3.01. The van der Waals surface area contributed by atoms with Crippen molar-refractivity contribution in [3.05, 3.63) is 33.9 Å². The quantitative estimate of drug-likeness (QED) is 0.512. The third-order valence-corrected chi connectivity index (χ3v) is 3.22. The molecule has 0 aliphatic rings. The molecule has 0 aliphatic carbocycles. The largest absolute Gasteiger partial charge is 0.490 e. The zero-order valence-corrected chi connectivity index (χ0v) is 11.6. The maximum Gasteiger partial charge on any atom is 0.311 e. The van der Waals surface area contributed by atoms with Gasteiger partial charge in [0, 0.05) is 23.0 Å². The standard InChI is InChI=1S/C11H13BrN2O4/c1-7(6-12)13-11(15)8-3-4-10(18-2)9(5-8)14(16)17/h3-5,7H,6H2,1-2H3,(H,13,15). The number of carbonyl (C=O) groups excluding carboxylic acids is 1. The number of nitro benzene ring substituents is 1. The highest BCUT2D eigenvalue weighted by Crippen LogP contribution is 2.27. The third-order valence-electron chi connectivity index (χ3n) is 2.25. The monoisotopic (exact) mass is 316 g/mol. The van der Waals surface area contributed by atoms with Crippen LogP contribution >= 0.6 is 15.9 Å². The minimum atomic E-state index is -0.580. The Labute approximate surface area is 113 Å². The second-order valence-corrected chi connectivity index (χ2v) is 4.32. The molecule has 0 fully saturated rings. The Morgan fingerprint density at radius 2 is 2.28 bits per heavy atom. The molecule has 1 N–H and O–H groups in total. The Morgan fingerprint density at radius 1 is 1.61 bits per heavy atom. The van der Waals surface area contributed by atoms with E-state index in [1.54, 1.807) is 0 Å². The summed E-state index contributed by atoms with van der Waals surface area (Å²) in [6.07, 6.45) is 0. The molecule has 0 aliphatic heterocycles. The van der Waals surface area contributed by atoms with Crippen molar-refractivity contribution in [2.24, 2.45) is 0 Å². The minimum absolute atomic E-state index is 0.0568. The van der Waals surface area contributed by atoms with Crippen molar-refractivity contribution < 1.29 is 14.5 Å². The molecule has 1 rings (SSSR count). The average molecular weight is 317 g/mol. The number of nitro groups is 1. The molecule has 0 saturated carbocycles. The summed E-state index contributed by atoms with van der Waals surface area (Å²) < 4.78 is 4.86. The van der Waals surface area contributed by atoms with Crippen LogP contribution < -0.4 is 10.1 Å². The van der Waals surface area contributed by atoms with Crippen molar-refractivity contribution >= 4 is 27.5 Å². The number of halogens is 1. The lowest BCUT2D eigenvalue weighted by Crippen LogP contribution is -2.33. The van der Waals surface area contributed by atoms with Gasteiger partial charge in [0.1, 0.15) is 0 Å². The second kappa shape index (κ2) is 6.34. The third kappa shape index (κ3) is 3.43. The van der Waals surface area contributed by atoms with Crippen molar-refractivity contribution in [2.45, 2.75) is 13.0 Å². The first-order chi connectivity index (χ1) is 8.49. The predicted molar refractivity (Wildman–Crippen MR) is 70.4 cm³/mol. The van der Waals surface area contributed by atoms with Crippen molar-refractivity contribution in [2.75, 3.05) is 12.4 Å². The van der Waals surface area contributed by atoms with Crippen LogP contribution in [0.3, 0.4) is 0 Å². The number of carbonyl (C=O) groups is 1. The molecule has 1 atom stereocenters. The van der Waals surface area contributed by atoms with Crippen molar-refractivity contribution in [3.8, 4) is 5.75 Å². The fourth-order valence-corrected chi connectivity index (χ4v) is 1.48. The van der Waals surface area contributed by atoms with E-state index < -0.39 is 4.92 Å². The van der Waals surface area contributed by atoms with E-state index in [4.69, 9.17) is 4.74 Å². The molecule has 1 amide bonds. The molecule has 98 valence electrons. The molecule has 0 heterocycles. The zero-order chi connectivity index (χ0) is 13.7. The molecular weight excluding hydrogens is 304 g/mol. The highest BCUT2D eigenvalue weighted by atomic mass is 79.9. The highest BCUT2D eigenvalue weighted by Gasteiger charge is 2.18. The minimum Gasteiger partial charge on any atom is -0.490 e. The maximum atomic E-state index is 11.8. The number of nitrogens with one attached hydrogen (secondary N) is 1. The average Bonchev–Trinajstić information content (AvgIpc) is 2.37. The van der Waals surface area contributed by atoms with Crippen LogP contribution in [-0.4, -0.2) is 29.3 Å². The van der Waals surface area contributed by atoms with E-state index in [1.165, 1.54) is 25.3 Å². The van der Waals surface area contributed by atoms with Crippen LogP contribution in [-0.2, 0) is 0 Å². The van der Waals surface area contributed by atoms with Gasteiger partial charge in [-0.3, -0.25) is 14.9 Å². The summed E-state index contributed by atoms with van der Waals surface area (Å²) in [7, 11) is 1.34. The molecule has 0 spiro atoms. The summed E-state index contributed by atoms with van der Waals surface area (Å²) in [6, 6.07) is 4.04. The number of nitrogens with zero attached hydrogens (tertiary/aromatic N) is 1. The molecule has 0 saturated heterocycles. The molecule has 1 aromatic rings. The van der Waals surface area contributed by atoms with E-state index >= 15 is 0 Å². The summed E-state index contributed by atoms with van der Waals surface area (Å²) in [5.41, 5.74) is 0.00643. The van der Waals surface area contributed by atoms with Gasteiger partial charge in [-0.05, 0) is 19.1 Å². The van der Waals surface area contributed by atoms with Gasteiger partial charge in [0.05, 0.1) is 12.0 Å². The number of hydrogen-bond acceptors (Lipinski definition) is 4. The van der Waals surface area contributed by atoms with Crippen molar-refractivity contribution in [3.63, 3.8) is 0 Å². The van der Waals surface area contributed by atoms with Crippen LogP contribution in [0.2, 0.25) is 0 Å². The molecule has 1 aromatic carbocycles. The number of alkyl halides is 1. The van der Waals surface area contributed by atoms with Gasteiger partial charge in [-0.1, -0.05) is 15.9 Å². The van der Waals surface area contributed by atoms with E-state index in [0.717, 1.165) is 0 Å². The van der Waals surface area contributed by atoms with Crippen molar-refractivity contribution in [1.29, 1.82) is 0 Å². The van der Waals surface area contributed by atoms with Gasteiger partial charge in [0.2, 0.25) is 0 Å². The first kappa shape index (κ1) is 14.4. The molecule has 0 radical (unpaired) electrons. The van der Waals surface area contributed by atoms with Gasteiger partial charge in [-0.25, -0.2) is 0 Å². The van der Waals surface area contributed by atoms with Crippen LogP contribution in [0.15, 0.2) is 18.2 Å². The maximum absolute atomic E-state index is 11.8. The van der Waals surface area contributed by atoms with Crippen LogP contribution in [0.4, 0.5) is 5.69 Å². The molecule has 0 aromatic heterocycles. The van der Waals surface area contributed by atoms with E-state index in [0.29, 0.717) is 5.33 Å². The lowest BCUT2D eigenvalue weighted by atomic mass is 10.1. The number of rotatable bonds is 5. The van der Waals surface area contributed by atoms with Gasteiger partial charge >= 0.3 is 5.69 Å². The first-order valence-electron chi connectivity index (χ1n) is 5.18. The zero-order valence-electron chi connectivity index (χ0n) is 9.97. The summed E-state index contributed by atoms with van der Waals surface area (Å²) >= 11 is 3.23. The fourth-order valence-electron chi connectivity index (χ4n) is 1.32. The van der Waals surface area contributed by atoms with Crippen LogP contribution in [0.25, 0.3) is 0 Å². The van der Waals surface area contributed by atoms with E-state index in [1.807, 2.05) is 6.92 Å². The number of ether oxygens (including phenoxy) is 1. The van der Waals surface area contributed by atoms with Gasteiger partial charge < -0.3 is 10.1 Å². The van der Waals surface area contributed by atoms with Crippen LogP contribution in [0, 0.1) is 10.1 Å². The lowest BCUT2D eigenvalue weighted by Gasteiger charge is -2.11. The number of amides is 1. The number of benzene rings is 1. The van der Waals surface area contributed by atoms with E-state index in [9.17, 15) is 14.9 Å². The Kier molecular flexibility index (Phi) is 5.08. The molecule has 6 nitrogen and oxygen atoms in total. The lowest BCUT2D eigenvalue weighted by molar-refractivity contribution is -0.385. The van der Waals surface area contributed by atoms with Crippen LogP contribution in [0.1, 0.15) is 17.3 Å². The van der Waals surface area contributed by atoms with Gasteiger partial charge in [0.15, 0.2) is 5.75 Å². The SMILES string of the molecule is COc1ccc(C(=O)NC(C)CBr)cc1[N+](=O)[O-]. The van der Waals surface area contributed by atoms with Crippen LogP contribution in [0.5, 0.6) is 5.75 Å². The number of hydrogen-bond donors (Lipinski definition) is 1. The second-order valence-electron chi connectivity index (χ2n) is 3.67. The first-order valence-corrected chi connectivity index (χ1v) is 6.31. The summed E-state index contributed by atoms with van der Waals surface area (Å²) in [4.78, 5) is 22.0. The topological polar surface area (TPSA) is 81.5 Å².